The van der Waals surface area contributed by atoms with Gasteiger partial charge in [0.1, 0.15) is 12.3 Å². The van der Waals surface area contributed by atoms with E-state index in [0.29, 0.717) is 18.3 Å². The van der Waals surface area contributed by atoms with E-state index in [2.05, 4.69) is 13.8 Å². The maximum absolute atomic E-state index is 17.6. The first kappa shape index (κ1) is 30.7. The summed E-state index contributed by atoms with van der Waals surface area (Å²) in [7, 11) is 0. The standard InChI is InChI=1S/C33H43F3O7/c1-16-9-21-22-13-24(35)23-12-19(37)7-8-30(23,5)32(22,36)26(38)14-31(21,6)33(16,27(39)41-15-34)43-28(40)42-25-11-18-10-20(17(25)2)29(18,3)4/h7-8,12,16-18,20-22,24-26,38H,9-11,13-15H2,1-6H3/t16-,17+,18-,20+,21+,22+,24+,25+,26+,30+,31+,32?,33-/m1/s1. The van der Waals surface area contributed by atoms with Gasteiger partial charge in [-0.25, -0.2) is 22.8 Å². The van der Waals surface area contributed by atoms with Gasteiger partial charge in [0.05, 0.1) is 6.10 Å². The lowest BCUT2D eigenvalue weighted by Gasteiger charge is -2.63. The molecule has 0 aromatic rings. The third kappa shape index (κ3) is 3.73. The summed E-state index contributed by atoms with van der Waals surface area (Å²) in [6.07, 6.45) is -0.0978. The number of rotatable bonds is 4. The van der Waals surface area contributed by atoms with Crippen LogP contribution in [-0.4, -0.2) is 59.5 Å². The molecule has 0 saturated heterocycles. The molecule has 0 amide bonds. The summed E-state index contributed by atoms with van der Waals surface area (Å²) in [5.41, 5.74) is -7.40. The van der Waals surface area contributed by atoms with Gasteiger partial charge in [0.25, 0.3) is 0 Å². The Morgan fingerprint density at radius 1 is 1.05 bits per heavy atom. The number of halogens is 3. The fraction of sp³-hybridized carbons (Fsp3) is 0.788. The van der Waals surface area contributed by atoms with Gasteiger partial charge < -0.3 is 19.3 Å². The largest absolute Gasteiger partial charge is 0.509 e. The molecule has 1 unspecified atom stereocenters. The van der Waals surface area contributed by atoms with E-state index >= 15 is 8.78 Å². The zero-order valence-electron chi connectivity index (χ0n) is 25.7. The van der Waals surface area contributed by atoms with Crippen molar-refractivity contribution in [3.8, 4) is 0 Å². The number of aliphatic hydroxyl groups is 1. The fourth-order valence-electron chi connectivity index (χ4n) is 10.9. The number of aliphatic hydroxyl groups excluding tert-OH is 1. The highest BCUT2D eigenvalue weighted by Crippen LogP contribution is 2.72. The smallest absolute Gasteiger partial charge is 0.431 e. The maximum atomic E-state index is 17.6. The Hall–Kier alpha value is -2.36. The summed E-state index contributed by atoms with van der Waals surface area (Å²) in [6, 6.07) is 0. The lowest BCUT2D eigenvalue weighted by molar-refractivity contribution is -0.237. The summed E-state index contributed by atoms with van der Waals surface area (Å²) in [4.78, 5) is 39.4. The summed E-state index contributed by atoms with van der Waals surface area (Å²) >= 11 is 0. The Morgan fingerprint density at radius 2 is 1.74 bits per heavy atom. The zero-order valence-corrected chi connectivity index (χ0v) is 25.7. The van der Waals surface area contributed by atoms with Crippen LogP contribution in [0.3, 0.4) is 0 Å². The average Bonchev–Trinajstić information content (AvgIpc) is 3.14. The van der Waals surface area contributed by atoms with Gasteiger partial charge >= 0.3 is 12.1 Å². The molecule has 0 aromatic heterocycles. The Morgan fingerprint density at radius 3 is 2.37 bits per heavy atom. The molecular formula is C33H43F3O7. The molecular weight excluding hydrogens is 565 g/mol. The van der Waals surface area contributed by atoms with Crippen molar-refractivity contribution in [1.82, 2.24) is 0 Å². The van der Waals surface area contributed by atoms with Crippen LogP contribution < -0.4 is 0 Å². The molecule has 0 spiro atoms. The minimum Gasteiger partial charge on any atom is -0.431 e. The molecule has 0 aliphatic heterocycles. The van der Waals surface area contributed by atoms with Gasteiger partial charge in [-0.15, -0.1) is 0 Å². The van der Waals surface area contributed by atoms with Gasteiger partial charge in [0.2, 0.25) is 12.5 Å². The quantitative estimate of drug-likeness (QED) is 0.392. The highest BCUT2D eigenvalue weighted by molar-refractivity contribution is 6.01. The normalized spacial score (nSPS) is 50.8. The molecule has 0 aromatic carbocycles. The molecule has 6 fully saturated rings. The van der Waals surface area contributed by atoms with E-state index in [1.165, 1.54) is 19.1 Å². The molecule has 43 heavy (non-hydrogen) atoms. The zero-order chi connectivity index (χ0) is 31.5. The lowest BCUT2D eigenvalue weighted by atomic mass is 9.44. The van der Waals surface area contributed by atoms with Crippen molar-refractivity contribution in [2.75, 3.05) is 6.86 Å². The summed E-state index contributed by atoms with van der Waals surface area (Å²) in [5, 5.41) is 11.6. The highest BCUT2D eigenvalue weighted by Gasteiger charge is 2.79. The van der Waals surface area contributed by atoms with Crippen LogP contribution in [-0.2, 0) is 23.8 Å². The van der Waals surface area contributed by atoms with Crippen LogP contribution >= 0.6 is 0 Å². The number of allylic oxidation sites excluding steroid dienone is 4. The minimum atomic E-state index is -2.38. The molecule has 2 bridgehead atoms. The van der Waals surface area contributed by atoms with Crippen LogP contribution in [0.15, 0.2) is 23.8 Å². The first-order chi connectivity index (χ1) is 20.0. The number of hydrogen-bond acceptors (Lipinski definition) is 7. The monoisotopic (exact) mass is 608 g/mol. The van der Waals surface area contributed by atoms with Crippen molar-refractivity contribution in [3.05, 3.63) is 23.8 Å². The Labute approximate surface area is 250 Å². The van der Waals surface area contributed by atoms with E-state index in [9.17, 15) is 23.9 Å². The molecule has 0 heterocycles. The predicted octanol–water partition coefficient (Wildman–Crippen LogP) is 5.98. The third-order valence-corrected chi connectivity index (χ3v) is 13.4. The van der Waals surface area contributed by atoms with Crippen molar-refractivity contribution in [2.45, 2.75) is 103 Å². The molecule has 7 aliphatic rings. The Bertz CT molecular complexity index is 1300. The van der Waals surface area contributed by atoms with Crippen molar-refractivity contribution < 1.29 is 46.9 Å². The van der Waals surface area contributed by atoms with E-state index in [0.717, 1.165) is 12.5 Å². The summed E-state index contributed by atoms with van der Waals surface area (Å²) < 4.78 is 63.6. The SMILES string of the molecule is C[C@@H]1[C@@H](OC(=O)O[C@@]2(C(=O)OCF)[C@H](C)C[C@H]3[C@@H]4C[C@H](F)C5=CC(=O)C=C[C@]5(C)C4(F)[C@@H](O)C[C@@]32C)C[C@H]2C[C@@H]1C2(C)C. The van der Waals surface area contributed by atoms with Gasteiger partial charge in [0, 0.05) is 22.7 Å². The van der Waals surface area contributed by atoms with Crippen molar-refractivity contribution in [2.24, 2.45) is 51.8 Å². The van der Waals surface area contributed by atoms with Crippen LogP contribution in [0.25, 0.3) is 0 Å². The fourth-order valence-corrected chi connectivity index (χ4v) is 10.9. The molecule has 0 radical (unpaired) electrons. The number of alkyl halides is 3. The van der Waals surface area contributed by atoms with Crippen LogP contribution in [0, 0.1) is 51.8 Å². The number of ketones is 1. The van der Waals surface area contributed by atoms with E-state index in [1.54, 1.807) is 13.8 Å². The Kier molecular flexibility index (Phi) is 6.82. The van der Waals surface area contributed by atoms with E-state index in [4.69, 9.17) is 14.2 Å². The molecule has 1 N–H and O–H groups in total. The topological polar surface area (TPSA) is 99.1 Å². The van der Waals surface area contributed by atoms with Crippen molar-refractivity contribution >= 4 is 17.9 Å². The molecule has 13 atom stereocenters. The average molecular weight is 609 g/mol. The molecule has 10 heteroatoms. The second-order valence-corrected chi connectivity index (χ2v) is 15.2. The molecule has 7 aliphatic carbocycles. The van der Waals surface area contributed by atoms with Crippen LogP contribution in [0.4, 0.5) is 18.0 Å². The first-order valence-electron chi connectivity index (χ1n) is 15.6. The Balaban J connectivity index is 1.35. The van der Waals surface area contributed by atoms with E-state index < -0.39 is 83.0 Å². The second-order valence-electron chi connectivity index (χ2n) is 15.2. The number of ether oxygens (including phenoxy) is 3. The van der Waals surface area contributed by atoms with Gasteiger partial charge in [-0.1, -0.05) is 40.7 Å². The van der Waals surface area contributed by atoms with E-state index in [-0.39, 0.29) is 36.2 Å². The maximum Gasteiger partial charge on any atom is 0.509 e. The number of fused-ring (bicyclic) bond motifs is 7. The summed E-state index contributed by atoms with van der Waals surface area (Å²) in [6.45, 7) is 9.74. The van der Waals surface area contributed by atoms with Gasteiger partial charge in [0.15, 0.2) is 11.5 Å². The van der Waals surface area contributed by atoms with Gasteiger partial charge in [-0.05, 0) is 85.8 Å². The van der Waals surface area contributed by atoms with E-state index in [1.807, 2.05) is 6.92 Å². The van der Waals surface area contributed by atoms with Gasteiger partial charge in [-0.3, -0.25) is 4.79 Å². The molecule has 6 saturated carbocycles. The lowest BCUT2D eigenvalue weighted by Crippen LogP contribution is -2.71. The van der Waals surface area contributed by atoms with Crippen LogP contribution in [0.5, 0.6) is 0 Å². The predicted molar refractivity (Wildman–Crippen MR) is 148 cm³/mol. The number of carbonyl (C=O) groups excluding carboxylic acids is 3. The number of carbonyl (C=O) groups is 3. The third-order valence-electron chi connectivity index (χ3n) is 13.4. The van der Waals surface area contributed by atoms with Crippen LogP contribution in [0.1, 0.15) is 73.6 Å². The highest BCUT2D eigenvalue weighted by atomic mass is 19.1. The summed E-state index contributed by atoms with van der Waals surface area (Å²) in [5.74, 6) is -3.40. The molecule has 7 rings (SSSR count). The van der Waals surface area contributed by atoms with Gasteiger partial charge in [-0.2, -0.15) is 0 Å². The number of hydrogen-bond donors (Lipinski definition) is 1. The van der Waals surface area contributed by atoms with Crippen LogP contribution in [0.2, 0.25) is 0 Å². The molecule has 7 nitrogen and oxygen atoms in total. The van der Waals surface area contributed by atoms with Crippen molar-refractivity contribution in [1.29, 1.82) is 0 Å². The minimum absolute atomic E-state index is 0.0155. The molecule has 238 valence electrons. The second kappa shape index (κ2) is 9.57. The van der Waals surface area contributed by atoms with Crippen molar-refractivity contribution in [3.63, 3.8) is 0 Å². The number of esters is 1. The first-order valence-corrected chi connectivity index (χ1v) is 15.6.